The zero-order chi connectivity index (χ0) is 34.2. The van der Waals surface area contributed by atoms with Gasteiger partial charge < -0.3 is 4.90 Å². The van der Waals surface area contributed by atoms with E-state index < -0.39 is 0 Å². The quantitative estimate of drug-likeness (QED) is 0.186. The highest BCUT2D eigenvalue weighted by Crippen LogP contribution is 2.53. The number of hydrogen-bond acceptors (Lipinski definition) is 5. The van der Waals surface area contributed by atoms with E-state index in [9.17, 15) is 0 Å². The average Bonchev–Trinajstić information content (AvgIpc) is 3.60. The summed E-state index contributed by atoms with van der Waals surface area (Å²) >= 11 is 1.79. The van der Waals surface area contributed by atoms with Gasteiger partial charge in [-0.3, -0.25) is 0 Å². The maximum absolute atomic E-state index is 5.17. The average molecular weight is 681 g/mol. The molecule has 0 N–H and O–H groups in total. The maximum atomic E-state index is 5.17. The summed E-state index contributed by atoms with van der Waals surface area (Å²) in [6.07, 6.45) is 0. The fraction of sp³-hybridized carbons (Fsp3) is 0. The SMILES string of the molecule is c1ccc(-c2nc(-c3ccc(N4c5c(ccc6ccccc56)-c5cccc6cccc4c56)cc3)nc(-c3cccc4c3sc3ccccc34)n2)cc1. The molecule has 242 valence electrons. The van der Waals surface area contributed by atoms with E-state index in [0.717, 1.165) is 22.4 Å². The number of aromatic nitrogens is 3. The number of anilines is 3. The van der Waals surface area contributed by atoms with Crippen LogP contribution < -0.4 is 4.90 Å². The molecule has 4 nitrogen and oxygen atoms in total. The highest BCUT2D eigenvalue weighted by atomic mass is 32.1. The van der Waals surface area contributed by atoms with Crippen LogP contribution in [-0.2, 0) is 0 Å². The Balaban J connectivity index is 1.09. The smallest absolute Gasteiger partial charge is 0.165 e. The number of nitrogens with zero attached hydrogens (tertiary/aromatic N) is 4. The van der Waals surface area contributed by atoms with E-state index in [-0.39, 0.29) is 0 Å². The minimum Gasteiger partial charge on any atom is -0.309 e. The molecular formula is C47H28N4S. The zero-order valence-corrected chi connectivity index (χ0v) is 28.7. The molecule has 0 spiro atoms. The van der Waals surface area contributed by atoms with E-state index in [1.165, 1.54) is 64.2 Å². The monoisotopic (exact) mass is 680 g/mol. The van der Waals surface area contributed by atoms with Crippen LogP contribution in [0.15, 0.2) is 170 Å². The third-order valence-corrected chi connectivity index (χ3v) is 11.5. The van der Waals surface area contributed by atoms with E-state index in [1.54, 1.807) is 11.3 Å². The van der Waals surface area contributed by atoms with Crippen molar-refractivity contribution in [1.29, 1.82) is 0 Å². The second-order valence-electron chi connectivity index (χ2n) is 13.2. The highest BCUT2D eigenvalue weighted by Gasteiger charge is 2.27. The van der Waals surface area contributed by atoms with Gasteiger partial charge in [0.15, 0.2) is 17.5 Å². The molecule has 5 heteroatoms. The lowest BCUT2D eigenvalue weighted by molar-refractivity contribution is 1.08. The van der Waals surface area contributed by atoms with Gasteiger partial charge in [0, 0.05) is 58.9 Å². The van der Waals surface area contributed by atoms with Gasteiger partial charge in [0.05, 0.1) is 11.4 Å². The number of hydrogen-bond donors (Lipinski definition) is 0. The standard InChI is InChI=1S/C47H28N4S/c1-2-12-31(13-3-1)45-48-46(50-47(49-45)39-20-10-19-38-35-17-6-7-22-41(35)52-44(38)39)32-23-26-33(27-24-32)51-40-21-9-15-30-14-8-18-36(42(30)40)37-28-25-29-11-4-5-16-34(29)43(37)51/h1-28H. The van der Waals surface area contributed by atoms with Gasteiger partial charge in [-0.25, -0.2) is 15.0 Å². The van der Waals surface area contributed by atoms with Crippen molar-refractivity contribution in [3.05, 3.63) is 170 Å². The second kappa shape index (κ2) is 11.4. The molecule has 0 fully saturated rings. The van der Waals surface area contributed by atoms with Crippen molar-refractivity contribution in [3.63, 3.8) is 0 Å². The Labute approximate surface area is 303 Å². The molecule has 0 radical (unpaired) electrons. The Morgan fingerprint density at radius 2 is 1.04 bits per heavy atom. The molecule has 1 aliphatic heterocycles. The van der Waals surface area contributed by atoms with Crippen LogP contribution in [0.5, 0.6) is 0 Å². The first-order valence-electron chi connectivity index (χ1n) is 17.5. The summed E-state index contributed by atoms with van der Waals surface area (Å²) in [5.74, 6) is 1.97. The lowest BCUT2D eigenvalue weighted by Crippen LogP contribution is -2.15. The predicted octanol–water partition coefficient (Wildman–Crippen LogP) is 13.0. The largest absolute Gasteiger partial charge is 0.309 e. The number of rotatable bonds is 4. The topological polar surface area (TPSA) is 41.9 Å². The van der Waals surface area contributed by atoms with Crippen molar-refractivity contribution in [2.75, 3.05) is 4.90 Å². The summed E-state index contributed by atoms with van der Waals surface area (Å²) in [4.78, 5) is 17.7. The van der Waals surface area contributed by atoms with Crippen molar-refractivity contribution in [2.45, 2.75) is 0 Å². The Morgan fingerprint density at radius 1 is 0.404 bits per heavy atom. The fourth-order valence-electron chi connectivity index (χ4n) is 7.86. The molecule has 0 amide bonds. The lowest BCUT2D eigenvalue weighted by Gasteiger charge is -2.34. The first-order chi connectivity index (χ1) is 25.8. The summed E-state index contributed by atoms with van der Waals surface area (Å²) in [5, 5.41) is 7.41. The van der Waals surface area contributed by atoms with Crippen LogP contribution in [0.2, 0.25) is 0 Å². The van der Waals surface area contributed by atoms with Crippen LogP contribution >= 0.6 is 11.3 Å². The van der Waals surface area contributed by atoms with Crippen LogP contribution in [0.4, 0.5) is 17.1 Å². The second-order valence-corrected chi connectivity index (χ2v) is 14.3. The normalized spacial score (nSPS) is 12.2. The van der Waals surface area contributed by atoms with Gasteiger partial charge in [0.25, 0.3) is 0 Å². The maximum Gasteiger partial charge on any atom is 0.165 e. The van der Waals surface area contributed by atoms with Crippen molar-refractivity contribution in [3.8, 4) is 45.3 Å². The molecule has 0 saturated heterocycles. The molecule has 0 aliphatic carbocycles. The van der Waals surface area contributed by atoms with Crippen molar-refractivity contribution in [2.24, 2.45) is 0 Å². The van der Waals surface area contributed by atoms with Crippen LogP contribution in [0.25, 0.3) is 87.0 Å². The molecule has 0 atom stereocenters. The first kappa shape index (κ1) is 29.1. The van der Waals surface area contributed by atoms with Crippen molar-refractivity contribution >= 4 is 70.1 Å². The van der Waals surface area contributed by atoms with Crippen LogP contribution in [0.1, 0.15) is 0 Å². The Hall–Kier alpha value is -6.69. The van der Waals surface area contributed by atoms with Crippen LogP contribution in [-0.4, -0.2) is 15.0 Å². The minimum atomic E-state index is 0.644. The Bertz CT molecular complexity index is 3020. The fourth-order valence-corrected chi connectivity index (χ4v) is 9.07. The Morgan fingerprint density at radius 3 is 1.88 bits per heavy atom. The van der Waals surface area contributed by atoms with Gasteiger partial charge in [-0.1, -0.05) is 127 Å². The first-order valence-corrected chi connectivity index (χ1v) is 18.3. The molecule has 0 bridgehead atoms. The molecule has 52 heavy (non-hydrogen) atoms. The van der Waals surface area contributed by atoms with Gasteiger partial charge in [-0.05, 0) is 58.8 Å². The van der Waals surface area contributed by atoms with E-state index in [2.05, 4.69) is 157 Å². The molecule has 3 heterocycles. The van der Waals surface area contributed by atoms with Crippen LogP contribution in [0, 0.1) is 0 Å². The van der Waals surface area contributed by atoms with Crippen molar-refractivity contribution in [1.82, 2.24) is 15.0 Å². The predicted molar refractivity (Wildman–Crippen MR) is 218 cm³/mol. The van der Waals surface area contributed by atoms with Gasteiger partial charge in [0.2, 0.25) is 0 Å². The van der Waals surface area contributed by atoms with Crippen molar-refractivity contribution < 1.29 is 0 Å². The summed E-state index contributed by atoms with van der Waals surface area (Å²) in [7, 11) is 0. The molecular weight excluding hydrogens is 653 g/mol. The van der Waals surface area contributed by atoms with E-state index in [1.807, 2.05) is 18.2 Å². The molecule has 0 saturated carbocycles. The summed E-state index contributed by atoms with van der Waals surface area (Å²) in [5.41, 5.74) is 8.85. The summed E-state index contributed by atoms with van der Waals surface area (Å²) in [6, 6.07) is 60.3. The lowest BCUT2D eigenvalue weighted by atomic mass is 9.88. The summed E-state index contributed by atoms with van der Waals surface area (Å²) < 4.78 is 2.43. The van der Waals surface area contributed by atoms with E-state index in [0.29, 0.717) is 17.5 Å². The number of benzene rings is 8. The minimum absolute atomic E-state index is 0.644. The summed E-state index contributed by atoms with van der Waals surface area (Å²) in [6.45, 7) is 0. The Kier molecular flexibility index (Phi) is 6.39. The zero-order valence-electron chi connectivity index (χ0n) is 27.9. The molecule has 8 aromatic carbocycles. The molecule has 1 aliphatic rings. The highest BCUT2D eigenvalue weighted by molar-refractivity contribution is 7.26. The van der Waals surface area contributed by atoms with Gasteiger partial charge >= 0.3 is 0 Å². The molecule has 0 unspecified atom stereocenters. The number of fused-ring (bicyclic) bond motifs is 7. The molecule has 11 rings (SSSR count). The van der Waals surface area contributed by atoms with Gasteiger partial charge in [-0.15, -0.1) is 11.3 Å². The van der Waals surface area contributed by atoms with Gasteiger partial charge in [0.1, 0.15) is 0 Å². The third kappa shape index (κ3) is 4.43. The van der Waals surface area contributed by atoms with E-state index in [4.69, 9.17) is 15.0 Å². The molecule has 2 aromatic heterocycles. The molecule has 10 aromatic rings. The third-order valence-electron chi connectivity index (χ3n) is 10.2. The number of thiophene rings is 1. The van der Waals surface area contributed by atoms with Gasteiger partial charge in [-0.2, -0.15) is 0 Å². The van der Waals surface area contributed by atoms with E-state index >= 15 is 0 Å². The van der Waals surface area contributed by atoms with Crippen LogP contribution in [0.3, 0.4) is 0 Å².